The van der Waals surface area contributed by atoms with Gasteiger partial charge in [0.25, 0.3) is 0 Å². The molecule has 0 radical (unpaired) electrons. The Bertz CT molecular complexity index is 1040. The first-order valence-corrected chi connectivity index (χ1v) is 13.0. The van der Waals surface area contributed by atoms with Crippen LogP contribution in [0, 0.1) is 0 Å². The third-order valence-corrected chi connectivity index (χ3v) is 8.50. The van der Waals surface area contributed by atoms with Crippen LogP contribution < -0.4 is 0 Å². The number of hydrogen-bond donors (Lipinski definition) is 0. The molecule has 3 saturated carbocycles. The molecule has 2 aromatic carbocycles. The molecule has 7 rings (SSSR count). The highest BCUT2D eigenvalue weighted by atomic mass is 16.7. The fourth-order valence-electron chi connectivity index (χ4n) is 6.04. The lowest BCUT2D eigenvalue weighted by atomic mass is 9.85. The average molecular weight is 427 g/mol. The van der Waals surface area contributed by atoms with Gasteiger partial charge >= 0.3 is 0 Å². The summed E-state index contributed by atoms with van der Waals surface area (Å²) >= 11 is 0. The molecule has 5 aliphatic rings. The Kier molecular flexibility index (Phi) is 4.50. The zero-order valence-corrected chi connectivity index (χ0v) is 19.1. The van der Waals surface area contributed by atoms with Crippen molar-refractivity contribution in [1.29, 1.82) is 0 Å². The van der Waals surface area contributed by atoms with Crippen LogP contribution in [0.1, 0.15) is 103 Å². The summed E-state index contributed by atoms with van der Waals surface area (Å²) in [6.07, 6.45) is 11.6. The minimum atomic E-state index is -0.0734. The maximum atomic E-state index is 6.09. The van der Waals surface area contributed by atoms with Gasteiger partial charge in [0.05, 0.1) is 5.71 Å². The quantitative estimate of drug-likeness (QED) is 0.528. The number of hydrogen-bond acceptors (Lipinski definition) is 3. The van der Waals surface area contributed by atoms with Gasteiger partial charge < -0.3 is 4.84 Å². The van der Waals surface area contributed by atoms with Crippen molar-refractivity contribution in [3.8, 4) is 0 Å². The van der Waals surface area contributed by atoms with E-state index in [9.17, 15) is 0 Å². The Morgan fingerprint density at radius 1 is 0.812 bits per heavy atom. The number of oxime groups is 1. The van der Waals surface area contributed by atoms with Crippen LogP contribution >= 0.6 is 0 Å². The van der Waals surface area contributed by atoms with E-state index < -0.39 is 0 Å². The van der Waals surface area contributed by atoms with Gasteiger partial charge in [-0.1, -0.05) is 47.6 Å². The van der Waals surface area contributed by atoms with Crippen molar-refractivity contribution < 1.29 is 4.84 Å². The zero-order chi connectivity index (χ0) is 21.1. The first-order valence-electron chi connectivity index (χ1n) is 13.0. The molecular formula is C29H34N2O. The van der Waals surface area contributed by atoms with E-state index in [-0.39, 0.29) is 5.60 Å². The zero-order valence-electron chi connectivity index (χ0n) is 19.1. The Morgan fingerprint density at radius 2 is 1.44 bits per heavy atom. The number of rotatable bonds is 6. The lowest BCUT2D eigenvalue weighted by molar-refractivity contribution is -0.0627. The summed E-state index contributed by atoms with van der Waals surface area (Å²) in [4.78, 5) is 8.77. The van der Waals surface area contributed by atoms with Crippen molar-refractivity contribution in [3.63, 3.8) is 0 Å². The summed E-state index contributed by atoms with van der Waals surface area (Å²) in [5, 5.41) is 4.51. The SMILES string of the molecule is c1ccc(C2=NOC3(CCN(Cc4cc(C5CC5)c(C5CC5)cc4C4CC4)CC3)C2)cc1. The second kappa shape index (κ2) is 7.45. The van der Waals surface area contributed by atoms with Crippen LogP contribution in [-0.4, -0.2) is 29.3 Å². The van der Waals surface area contributed by atoms with Crippen LogP contribution in [0.5, 0.6) is 0 Å². The molecule has 0 aromatic heterocycles. The molecule has 2 aromatic rings. The van der Waals surface area contributed by atoms with Gasteiger partial charge in [-0.25, -0.2) is 0 Å². The topological polar surface area (TPSA) is 24.8 Å². The van der Waals surface area contributed by atoms with Gasteiger partial charge in [0.15, 0.2) is 0 Å². The second-order valence-electron chi connectivity index (χ2n) is 11.1. The predicted molar refractivity (Wildman–Crippen MR) is 128 cm³/mol. The minimum absolute atomic E-state index is 0.0734. The van der Waals surface area contributed by atoms with Crippen molar-refractivity contribution in [3.05, 3.63) is 70.3 Å². The smallest absolute Gasteiger partial charge is 0.145 e. The van der Waals surface area contributed by atoms with Crippen molar-refractivity contribution in [1.82, 2.24) is 4.90 Å². The van der Waals surface area contributed by atoms with Gasteiger partial charge in [0.2, 0.25) is 0 Å². The van der Waals surface area contributed by atoms with Crippen LogP contribution in [0.2, 0.25) is 0 Å². The number of piperidine rings is 1. The minimum Gasteiger partial charge on any atom is -0.388 e. The summed E-state index contributed by atoms with van der Waals surface area (Å²) in [7, 11) is 0. The largest absolute Gasteiger partial charge is 0.388 e. The average Bonchev–Trinajstić information content (AvgIpc) is 3.69. The van der Waals surface area contributed by atoms with Gasteiger partial charge in [0.1, 0.15) is 5.60 Å². The fraction of sp³-hybridized carbons (Fsp3) is 0.552. The highest BCUT2D eigenvalue weighted by Crippen LogP contribution is 2.52. The van der Waals surface area contributed by atoms with Crippen molar-refractivity contribution in [2.24, 2.45) is 5.16 Å². The summed E-state index contributed by atoms with van der Waals surface area (Å²) in [6, 6.07) is 15.9. The molecule has 4 fully saturated rings. The Hall–Kier alpha value is -2.13. The van der Waals surface area contributed by atoms with E-state index in [4.69, 9.17) is 4.84 Å². The van der Waals surface area contributed by atoms with Crippen molar-refractivity contribution in [2.45, 2.75) is 87.7 Å². The third kappa shape index (κ3) is 3.69. The van der Waals surface area contributed by atoms with Gasteiger partial charge in [-0.05, 0) is 84.1 Å². The molecule has 1 saturated heterocycles. The number of likely N-dealkylation sites (tertiary alicyclic amines) is 1. The Labute approximate surface area is 191 Å². The van der Waals surface area contributed by atoms with Crippen molar-refractivity contribution in [2.75, 3.05) is 13.1 Å². The first kappa shape index (κ1) is 19.3. The number of benzene rings is 2. The lowest BCUT2D eigenvalue weighted by Gasteiger charge is -2.37. The van der Waals surface area contributed by atoms with E-state index in [1.165, 1.54) is 44.1 Å². The third-order valence-electron chi connectivity index (χ3n) is 8.50. The van der Waals surface area contributed by atoms with Crippen molar-refractivity contribution >= 4 is 5.71 Å². The molecule has 2 heterocycles. The van der Waals surface area contributed by atoms with E-state index in [2.05, 4.69) is 52.5 Å². The molecule has 0 atom stereocenters. The van der Waals surface area contributed by atoms with Crippen LogP contribution in [-0.2, 0) is 11.4 Å². The fourth-order valence-corrected chi connectivity index (χ4v) is 6.04. The molecule has 166 valence electrons. The lowest BCUT2D eigenvalue weighted by Crippen LogP contribution is -2.44. The first-order chi connectivity index (χ1) is 15.8. The van der Waals surface area contributed by atoms with E-state index in [1.807, 2.05) is 0 Å². The molecule has 3 aliphatic carbocycles. The predicted octanol–water partition coefficient (Wildman–Crippen LogP) is 6.48. The molecule has 1 spiro atoms. The maximum absolute atomic E-state index is 6.09. The maximum Gasteiger partial charge on any atom is 0.145 e. The summed E-state index contributed by atoms with van der Waals surface area (Å²) in [5.41, 5.74) is 9.06. The van der Waals surface area contributed by atoms with Crippen LogP contribution in [0.4, 0.5) is 0 Å². The van der Waals surface area contributed by atoms with Gasteiger partial charge in [-0.15, -0.1) is 0 Å². The Balaban J connectivity index is 1.06. The molecule has 32 heavy (non-hydrogen) atoms. The molecule has 3 heteroatoms. The monoisotopic (exact) mass is 426 g/mol. The molecular weight excluding hydrogens is 392 g/mol. The molecule has 0 bridgehead atoms. The highest BCUT2D eigenvalue weighted by molar-refractivity contribution is 6.01. The van der Waals surface area contributed by atoms with Gasteiger partial charge in [-0.2, -0.15) is 0 Å². The summed E-state index contributed by atoms with van der Waals surface area (Å²) in [6.45, 7) is 3.36. The molecule has 0 amide bonds. The molecule has 2 aliphatic heterocycles. The normalized spacial score (nSPS) is 25.1. The molecule has 0 N–H and O–H groups in total. The van der Waals surface area contributed by atoms with Crippen LogP contribution in [0.25, 0.3) is 0 Å². The highest BCUT2D eigenvalue weighted by Gasteiger charge is 2.43. The van der Waals surface area contributed by atoms with E-state index >= 15 is 0 Å². The van der Waals surface area contributed by atoms with Gasteiger partial charge in [0, 0.05) is 38.9 Å². The molecule has 3 nitrogen and oxygen atoms in total. The van der Waals surface area contributed by atoms with E-state index in [0.29, 0.717) is 0 Å². The Morgan fingerprint density at radius 3 is 2.09 bits per heavy atom. The summed E-state index contributed by atoms with van der Waals surface area (Å²) in [5.74, 6) is 2.58. The van der Waals surface area contributed by atoms with Gasteiger partial charge in [-0.3, -0.25) is 4.90 Å². The van der Waals surface area contributed by atoms with Crippen LogP contribution in [0.3, 0.4) is 0 Å². The van der Waals surface area contributed by atoms with E-state index in [0.717, 1.165) is 62.4 Å². The molecule has 0 unspecified atom stereocenters. The standard InChI is InChI=1S/C29H34N2O/c1-2-4-23(5-3-1)28-18-29(32-30-28)12-14-31(15-13-29)19-24-16-26(21-8-9-21)27(22-10-11-22)17-25(24)20-6-7-20/h1-5,16-17,20-22H,6-15,18-19H2. The second-order valence-corrected chi connectivity index (χ2v) is 11.1. The van der Waals surface area contributed by atoms with E-state index in [1.54, 1.807) is 22.3 Å². The van der Waals surface area contributed by atoms with Crippen LogP contribution in [0.15, 0.2) is 47.6 Å². The number of nitrogens with zero attached hydrogens (tertiary/aromatic N) is 2. The summed E-state index contributed by atoms with van der Waals surface area (Å²) < 4.78 is 0.